The second-order valence-corrected chi connectivity index (χ2v) is 6.27. The second-order valence-electron chi connectivity index (χ2n) is 6.27. The maximum atomic E-state index is 9.34. The van der Waals surface area contributed by atoms with Gasteiger partial charge in [-0.05, 0) is 39.0 Å². The van der Waals surface area contributed by atoms with Gasteiger partial charge < -0.3 is 4.57 Å². The molecule has 1 aromatic heterocycles. The van der Waals surface area contributed by atoms with E-state index in [2.05, 4.69) is 24.5 Å². The Kier molecular flexibility index (Phi) is 3.47. The first kappa shape index (κ1) is 13.1. The lowest BCUT2D eigenvalue weighted by atomic mass is 9.88. The molecule has 1 aliphatic heterocycles. The summed E-state index contributed by atoms with van der Waals surface area (Å²) < 4.78 is 2.37. The van der Waals surface area contributed by atoms with Gasteiger partial charge in [0.15, 0.2) is 0 Å². The minimum absolute atomic E-state index is 0.469. The lowest BCUT2D eigenvalue weighted by Gasteiger charge is -2.20. The molecule has 0 saturated heterocycles. The van der Waals surface area contributed by atoms with Gasteiger partial charge in [-0.2, -0.15) is 5.26 Å². The zero-order chi connectivity index (χ0) is 13.3. The zero-order valence-electron chi connectivity index (χ0n) is 12.0. The normalized spacial score (nSPS) is 15.6. The molecule has 1 aromatic rings. The Labute approximate surface area is 110 Å². The Morgan fingerprint density at radius 3 is 2.72 bits per heavy atom. The summed E-state index contributed by atoms with van der Waals surface area (Å²) in [5, 5.41) is 9.34. The van der Waals surface area contributed by atoms with E-state index in [1.807, 2.05) is 13.8 Å². The minimum Gasteiger partial charge on any atom is -0.332 e. The van der Waals surface area contributed by atoms with E-state index in [-0.39, 0.29) is 0 Å². The van der Waals surface area contributed by atoms with Crippen molar-refractivity contribution in [3.8, 4) is 6.07 Å². The number of imidazole rings is 1. The fourth-order valence-corrected chi connectivity index (χ4v) is 2.69. The third-order valence-corrected chi connectivity index (χ3v) is 3.66. The number of fused-ring (bicyclic) bond motifs is 1. The van der Waals surface area contributed by atoms with Crippen molar-refractivity contribution in [1.82, 2.24) is 9.55 Å². The summed E-state index contributed by atoms with van der Waals surface area (Å²) in [5.74, 6) is 1.79. The van der Waals surface area contributed by atoms with Gasteiger partial charge in [-0.3, -0.25) is 0 Å². The third-order valence-electron chi connectivity index (χ3n) is 3.66. The molecule has 3 nitrogen and oxygen atoms in total. The number of nitriles is 1. The molecule has 0 unspecified atom stereocenters. The minimum atomic E-state index is -0.469. The molecule has 0 N–H and O–H groups in total. The number of rotatable bonds is 3. The summed E-state index contributed by atoms with van der Waals surface area (Å²) in [6, 6.07) is 2.40. The maximum absolute atomic E-state index is 9.34. The van der Waals surface area contributed by atoms with Crippen molar-refractivity contribution < 1.29 is 0 Å². The van der Waals surface area contributed by atoms with Crippen LogP contribution in [0.25, 0.3) is 0 Å². The summed E-state index contributed by atoms with van der Waals surface area (Å²) in [6.07, 6.45) is 4.54. The second kappa shape index (κ2) is 4.76. The Bertz CT molecular complexity index is 475. The van der Waals surface area contributed by atoms with E-state index >= 15 is 0 Å². The van der Waals surface area contributed by atoms with Crippen molar-refractivity contribution in [3.05, 3.63) is 17.2 Å². The third kappa shape index (κ3) is 2.29. The smallest absolute Gasteiger partial charge is 0.109 e. The van der Waals surface area contributed by atoms with Gasteiger partial charge in [-0.25, -0.2) is 4.98 Å². The standard InChI is InChI=1S/C15H23N3/c1-11(2)9-13-17-14(15(3,4)10-16)12-7-5-6-8-18(12)13/h11H,5-9H2,1-4H3. The molecule has 1 aliphatic rings. The van der Waals surface area contributed by atoms with E-state index in [4.69, 9.17) is 4.98 Å². The molecule has 0 amide bonds. The molecule has 0 atom stereocenters. The molecule has 0 bridgehead atoms. The van der Waals surface area contributed by atoms with Gasteiger partial charge in [0.2, 0.25) is 0 Å². The zero-order valence-corrected chi connectivity index (χ0v) is 12.0. The molecule has 0 saturated carbocycles. The lowest BCUT2D eigenvalue weighted by molar-refractivity contribution is 0.492. The molecule has 18 heavy (non-hydrogen) atoms. The SMILES string of the molecule is CC(C)Cc1nc(C(C)(C)C#N)c2n1CCCC2. The highest BCUT2D eigenvalue weighted by Gasteiger charge is 2.30. The lowest BCUT2D eigenvalue weighted by Crippen LogP contribution is -2.20. The average Bonchev–Trinajstić information content (AvgIpc) is 2.69. The molecule has 2 heterocycles. The maximum Gasteiger partial charge on any atom is 0.109 e. The molecule has 98 valence electrons. The number of aromatic nitrogens is 2. The first-order chi connectivity index (χ1) is 8.45. The van der Waals surface area contributed by atoms with E-state index in [1.54, 1.807) is 0 Å². The quantitative estimate of drug-likeness (QED) is 0.820. The van der Waals surface area contributed by atoms with Crippen molar-refractivity contribution in [1.29, 1.82) is 5.26 Å². The van der Waals surface area contributed by atoms with E-state index in [9.17, 15) is 5.26 Å². The van der Waals surface area contributed by atoms with Crippen LogP contribution in [-0.2, 0) is 24.8 Å². The van der Waals surface area contributed by atoms with Crippen LogP contribution < -0.4 is 0 Å². The number of nitrogens with zero attached hydrogens (tertiary/aromatic N) is 3. The van der Waals surface area contributed by atoms with E-state index in [0.717, 1.165) is 25.1 Å². The summed E-state index contributed by atoms with van der Waals surface area (Å²) >= 11 is 0. The molecular formula is C15H23N3. The molecule has 0 aromatic carbocycles. The van der Waals surface area contributed by atoms with Crippen molar-refractivity contribution in [2.45, 2.75) is 65.3 Å². The van der Waals surface area contributed by atoms with Gasteiger partial charge in [0, 0.05) is 18.7 Å². The molecule has 0 radical (unpaired) electrons. The summed E-state index contributed by atoms with van der Waals surface area (Å²) in [6.45, 7) is 9.47. The predicted octanol–water partition coefficient (Wildman–Crippen LogP) is 3.22. The molecular weight excluding hydrogens is 222 g/mol. The molecule has 0 aliphatic carbocycles. The predicted molar refractivity (Wildman–Crippen MR) is 72.3 cm³/mol. The van der Waals surface area contributed by atoms with E-state index in [1.165, 1.54) is 24.4 Å². The van der Waals surface area contributed by atoms with E-state index < -0.39 is 5.41 Å². The summed E-state index contributed by atoms with van der Waals surface area (Å²) in [4.78, 5) is 4.81. The van der Waals surface area contributed by atoms with Gasteiger partial charge >= 0.3 is 0 Å². The van der Waals surface area contributed by atoms with Gasteiger partial charge in [0.25, 0.3) is 0 Å². The Morgan fingerprint density at radius 1 is 1.39 bits per heavy atom. The van der Waals surface area contributed by atoms with Crippen LogP contribution in [0.1, 0.15) is 57.7 Å². The Morgan fingerprint density at radius 2 is 2.11 bits per heavy atom. The van der Waals surface area contributed by atoms with Crippen molar-refractivity contribution in [2.75, 3.05) is 0 Å². The number of hydrogen-bond acceptors (Lipinski definition) is 2. The molecule has 2 rings (SSSR count). The van der Waals surface area contributed by atoms with E-state index in [0.29, 0.717) is 5.92 Å². The van der Waals surface area contributed by atoms with Crippen LogP contribution in [0.4, 0.5) is 0 Å². The topological polar surface area (TPSA) is 41.6 Å². The van der Waals surface area contributed by atoms with Crippen molar-refractivity contribution in [3.63, 3.8) is 0 Å². The summed E-state index contributed by atoms with van der Waals surface area (Å²) in [5.41, 5.74) is 1.85. The van der Waals surface area contributed by atoms with Gasteiger partial charge in [0.1, 0.15) is 5.82 Å². The molecule has 3 heteroatoms. The van der Waals surface area contributed by atoms with Gasteiger partial charge in [0.05, 0.1) is 17.2 Å². The first-order valence-electron chi connectivity index (χ1n) is 6.95. The average molecular weight is 245 g/mol. The van der Waals surface area contributed by atoms with Crippen molar-refractivity contribution in [2.24, 2.45) is 5.92 Å². The van der Waals surface area contributed by atoms with Crippen LogP contribution in [0.2, 0.25) is 0 Å². The molecule has 0 fully saturated rings. The fraction of sp³-hybridized carbons (Fsp3) is 0.733. The highest BCUT2D eigenvalue weighted by molar-refractivity contribution is 5.31. The van der Waals surface area contributed by atoms with Crippen molar-refractivity contribution >= 4 is 0 Å². The number of hydrogen-bond donors (Lipinski definition) is 0. The monoisotopic (exact) mass is 245 g/mol. The Hall–Kier alpha value is -1.30. The first-order valence-corrected chi connectivity index (χ1v) is 6.95. The molecule has 0 spiro atoms. The summed E-state index contributed by atoms with van der Waals surface area (Å²) in [7, 11) is 0. The van der Waals surface area contributed by atoms with Crippen LogP contribution in [0, 0.1) is 17.2 Å². The van der Waals surface area contributed by atoms with Crippen LogP contribution in [0.3, 0.4) is 0 Å². The largest absolute Gasteiger partial charge is 0.332 e. The van der Waals surface area contributed by atoms with Crippen LogP contribution in [-0.4, -0.2) is 9.55 Å². The van der Waals surface area contributed by atoms with Gasteiger partial charge in [-0.15, -0.1) is 0 Å². The Balaban J connectivity index is 2.49. The van der Waals surface area contributed by atoms with Gasteiger partial charge in [-0.1, -0.05) is 13.8 Å². The highest BCUT2D eigenvalue weighted by Crippen LogP contribution is 2.30. The van der Waals surface area contributed by atoms with Crippen LogP contribution in [0.5, 0.6) is 0 Å². The fourth-order valence-electron chi connectivity index (χ4n) is 2.69. The highest BCUT2D eigenvalue weighted by atomic mass is 15.1. The van der Waals surface area contributed by atoms with Crippen LogP contribution >= 0.6 is 0 Å². The van der Waals surface area contributed by atoms with Crippen LogP contribution in [0.15, 0.2) is 0 Å².